The van der Waals surface area contributed by atoms with Gasteiger partial charge in [0.05, 0.1) is 13.2 Å². The van der Waals surface area contributed by atoms with Crippen molar-refractivity contribution in [2.24, 2.45) is 10.8 Å². The van der Waals surface area contributed by atoms with Crippen LogP contribution in [-0.4, -0.2) is 26.2 Å². The molecule has 5 nitrogen and oxygen atoms in total. The van der Waals surface area contributed by atoms with E-state index in [-0.39, 0.29) is 0 Å². The highest BCUT2D eigenvalue weighted by Crippen LogP contribution is 2.03. The zero-order valence-electron chi connectivity index (χ0n) is 8.73. The number of ether oxygens (including phenoxy) is 1. The predicted octanol–water partition coefficient (Wildman–Crippen LogP) is 0.564. The van der Waals surface area contributed by atoms with Crippen LogP contribution < -0.4 is 16.6 Å². The molecule has 0 aromatic heterocycles. The fraction of sp³-hybridized carbons (Fsp3) is 0.300. The topological polar surface area (TPSA) is 71.7 Å². The highest BCUT2D eigenvalue weighted by molar-refractivity contribution is 5.93. The van der Waals surface area contributed by atoms with Crippen LogP contribution in [0.4, 0.5) is 5.69 Å². The van der Waals surface area contributed by atoms with Crippen LogP contribution in [0.2, 0.25) is 0 Å². The molecule has 15 heavy (non-hydrogen) atoms. The van der Waals surface area contributed by atoms with E-state index in [4.69, 9.17) is 10.6 Å². The second kappa shape index (κ2) is 6.80. The van der Waals surface area contributed by atoms with Gasteiger partial charge in [-0.05, 0) is 12.1 Å². The third-order valence-electron chi connectivity index (χ3n) is 1.74. The van der Waals surface area contributed by atoms with Crippen molar-refractivity contribution in [2.75, 3.05) is 25.6 Å². The first kappa shape index (κ1) is 11.5. The third-order valence-corrected chi connectivity index (χ3v) is 1.74. The second-order valence-electron chi connectivity index (χ2n) is 2.86. The Bertz CT molecular complexity index is 300. The van der Waals surface area contributed by atoms with Crippen LogP contribution in [0.5, 0.6) is 0 Å². The summed E-state index contributed by atoms with van der Waals surface area (Å²) in [6.45, 7) is 1.14. The van der Waals surface area contributed by atoms with Crippen LogP contribution in [0.25, 0.3) is 0 Å². The van der Waals surface area contributed by atoms with E-state index in [1.807, 2.05) is 30.3 Å². The quantitative estimate of drug-likeness (QED) is 0.222. The molecule has 0 fully saturated rings. The Hall–Kier alpha value is -1.59. The number of hydrazine groups is 1. The SMILES string of the molecule is COCCN=C(NN)Nc1ccccc1. The van der Waals surface area contributed by atoms with Gasteiger partial charge in [0.1, 0.15) is 0 Å². The maximum atomic E-state index is 5.32. The van der Waals surface area contributed by atoms with E-state index >= 15 is 0 Å². The molecule has 4 N–H and O–H groups in total. The van der Waals surface area contributed by atoms with Gasteiger partial charge < -0.3 is 10.1 Å². The van der Waals surface area contributed by atoms with Gasteiger partial charge in [0.25, 0.3) is 0 Å². The fourth-order valence-corrected chi connectivity index (χ4v) is 1.03. The first-order valence-electron chi connectivity index (χ1n) is 4.69. The van der Waals surface area contributed by atoms with E-state index in [9.17, 15) is 0 Å². The number of rotatable bonds is 4. The Labute approximate surface area is 89.3 Å². The molecular weight excluding hydrogens is 192 g/mol. The van der Waals surface area contributed by atoms with Crippen LogP contribution in [0.15, 0.2) is 35.3 Å². The molecule has 0 aliphatic heterocycles. The number of guanidine groups is 1. The van der Waals surface area contributed by atoms with E-state index in [0.717, 1.165) is 5.69 Å². The number of nitrogens with two attached hydrogens (primary N) is 1. The number of anilines is 1. The zero-order chi connectivity index (χ0) is 10.9. The molecule has 1 aromatic rings. The molecule has 0 aliphatic rings. The van der Waals surface area contributed by atoms with E-state index in [2.05, 4.69) is 15.7 Å². The van der Waals surface area contributed by atoms with Gasteiger partial charge in [-0.2, -0.15) is 0 Å². The third kappa shape index (κ3) is 4.44. The lowest BCUT2D eigenvalue weighted by Gasteiger charge is -2.08. The van der Waals surface area contributed by atoms with E-state index in [1.165, 1.54) is 0 Å². The van der Waals surface area contributed by atoms with Gasteiger partial charge in [-0.25, -0.2) is 10.8 Å². The molecule has 82 valence electrons. The summed E-state index contributed by atoms with van der Waals surface area (Å²) in [6, 6.07) is 9.69. The average Bonchev–Trinajstić information content (AvgIpc) is 2.29. The standard InChI is InChI=1S/C10H16N4O/c1-15-8-7-12-10(14-11)13-9-5-3-2-4-6-9/h2-6H,7-8,11H2,1H3,(H2,12,13,14). The zero-order valence-corrected chi connectivity index (χ0v) is 8.73. The molecular formula is C10H16N4O. The molecule has 0 spiro atoms. The average molecular weight is 208 g/mol. The van der Waals surface area contributed by atoms with Crippen molar-refractivity contribution in [3.8, 4) is 0 Å². The lowest BCUT2D eigenvalue weighted by Crippen LogP contribution is -2.36. The lowest BCUT2D eigenvalue weighted by atomic mass is 10.3. The second-order valence-corrected chi connectivity index (χ2v) is 2.86. The number of para-hydroxylation sites is 1. The summed E-state index contributed by atoms with van der Waals surface area (Å²) in [5.74, 6) is 5.84. The van der Waals surface area contributed by atoms with Gasteiger partial charge in [-0.15, -0.1) is 0 Å². The summed E-state index contributed by atoms with van der Waals surface area (Å²) in [5.41, 5.74) is 3.43. The van der Waals surface area contributed by atoms with Crippen LogP contribution in [0.1, 0.15) is 0 Å². The van der Waals surface area contributed by atoms with Gasteiger partial charge in [0.2, 0.25) is 5.96 Å². The fourth-order valence-electron chi connectivity index (χ4n) is 1.03. The Morgan fingerprint density at radius 1 is 1.40 bits per heavy atom. The van der Waals surface area contributed by atoms with Gasteiger partial charge in [0, 0.05) is 12.8 Å². The molecule has 1 rings (SSSR count). The number of hydrogen-bond donors (Lipinski definition) is 3. The summed E-state index contributed by atoms with van der Waals surface area (Å²) in [7, 11) is 1.63. The van der Waals surface area contributed by atoms with Gasteiger partial charge in [0.15, 0.2) is 0 Å². The number of methoxy groups -OCH3 is 1. The highest BCUT2D eigenvalue weighted by Gasteiger charge is 1.95. The molecule has 0 amide bonds. The summed E-state index contributed by atoms with van der Waals surface area (Å²) in [6.07, 6.45) is 0. The van der Waals surface area contributed by atoms with Gasteiger partial charge >= 0.3 is 0 Å². The molecule has 0 radical (unpaired) electrons. The minimum absolute atomic E-state index is 0.526. The van der Waals surface area contributed by atoms with E-state index < -0.39 is 0 Å². The first-order chi connectivity index (χ1) is 7.36. The maximum Gasteiger partial charge on any atom is 0.210 e. The van der Waals surface area contributed by atoms with Crippen molar-refractivity contribution >= 4 is 11.6 Å². The minimum atomic E-state index is 0.526. The van der Waals surface area contributed by atoms with Crippen LogP contribution >= 0.6 is 0 Å². The highest BCUT2D eigenvalue weighted by atomic mass is 16.5. The van der Waals surface area contributed by atoms with Gasteiger partial charge in [-0.3, -0.25) is 5.43 Å². The van der Waals surface area contributed by atoms with Crippen LogP contribution in [0.3, 0.4) is 0 Å². The molecule has 1 aromatic carbocycles. The number of nitrogens with zero attached hydrogens (tertiary/aromatic N) is 1. The normalized spacial score (nSPS) is 11.2. The number of nitrogens with one attached hydrogen (secondary N) is 2. The molecule has 0 heterocycles. The predicted molar refractivity (Wildman–Crippen MR) is 61.6 cm³/mol. The van der Waals surface area contributed by atoms with Crippen molar-refractivity contribution in [1.82, 2.24) is 5.43 Å². The Balaban J connectivity index is 2.50. The summed E-state index contributed by atoms with van der Waals surface area (Å²) in [4.78, 5) is 4.17. The largest absolute Gasteiger partial charge is 0.383 e. The lowest BCUT2D eigenvalue weighted by molar-refractivity contribution is 0.208. The molecule has 0 atom stereocenters. The molecule has 5 heteroatoms. The van der Waals surface area contributed by atoms with Crippen molar-refractivity contribution in [3.63, 3.8) is 0 Å². The molecule has 0 unspecified atom stereocenters. The minimum Gasteiger partial charge on any atom is -0.383 e. The van der Waals surface area contributed by atoms with Crippen molar-refractivity contribution in [3.05, 3.63) is 30.3 Å². The molecule has 0 saturated heterocycles. The first-order valence-corrected chi connectivity index (χ1v) is 4.69. The maximum absolute atomic E-state index is 5.32. The van der Waals surface area contributed by atoms with Crippen molar-refractivity contribution in [1.29, 1.82) is 0 Å². The summed E-state index contributed by atoms with van der Waals surface area (Å²) >= 11 is 0. The summed E-state index contributed by atoms with van der Waals surface area (Å²) < 4.78 is 4.88. The van der Waals surface area contributed by atoms with E-state index in [1.54, 1.807) is 7.11 Å². The molecule has 0 saturated carbocycles. The van der Waals surface area contributed by atoms with Crippen molar-refractivity contribution in [2.45, 2.75) is 0 Å². The Morgan fingerprint density at radius 2 is 2.13 bits per heavy atom. The number of aliphatic imine (C=N–C) groups is 1. The Kier molecular flexibility index (Phi) is 5.21. The van der Waals surface area contributed by atoms with Crippen LogP contribution in [0, 0.1) is 0 Å². The monoisotopic (exact) mass is 208 g/mol. The molecule has 0 bridgehead atoms. The Morgan fingerprint density at radius 3 is 2.73 bits per heavy atom. The molecule has 0 aliphatic carbocycles. The smallest absolute Gasteiger partial charge is 0.210 e. The summed E-state index contributed by atoms with van der Waals surface area (Å²) in [5, 5.41) is 3.05. The van der Waals surface area contributed by atoms with Crippen LogP contribution in [-0.2, 0) is 4.74 Å². The number of hydrogen-bond acceptors (Lipinski definition) is 3. The van der Waals surface area contributed by atoms with E-state index in [0.29, 0.717) is 19.1 Å². The number of benzene rings is 1. The van der Waals surface area contributed by atoms with Gasteiger partial charge in [-0.1, -0.05) is 18.2 Å². The van der Waals surface area contributed by atoms with Crippen molar-refractivity contribution < 1.29 is 4.74 Å².